The first-order valence-corrected chi connectivity index (χ1v) is 4.78. The molecule has 0 saturated heterocycles. The van der Waals surface area contributed by atoms with Gasteiger partial charge in [0.25, 0.3) is 0 Å². The maximum atomic E-state index is 11.2. The van der Waals surface area contributed by atoms with Crippen LogP contribution in [0.5, 0.6) is 0 Å². The maximum Gasteiger partial charge on any atom is 0.335 e. The summed E-state index contributed by atoms with van der Waals surface area (Å²) in [5.74, 6) is -0.336. The van der Waals surface area contributed by atoms with Gasteiger partial charge in [0, 0.05) is 5.70 Å². The minimum Gasteiger partial charge on any atom is -0.466 e. The number of nitrogens with two attached hydrogens (primary N) is 1. The number of hydrogen-bond donors (Lipinski definition) is 1. The van der Waals surface area contributed by atoms with E-state index in [1.165, 1.54) is 7.11 Å². The van der Waals surface area contributed by atoms with Crippen molar-refractivity contribution in [3.8, 4) is 0 Å². The fourth-order valence-electron chi connectivity index (χ4n) is 1.58. The van der Waals surface area contributed by atoms with E-state index >= 15 is 0 Å². The number of ether oxygens (including phenoxy) is 2. The molecule has 4 nitrogen and oxygen atoms in total. The molecule has 14 heavy (non-hydrogen) atoms. The highest BCUT2D eigenvalue weighted by Crippen LogP contribution is 2.27. The molecule has 0 radical (unpaired) electrons. The van der Waals surface area contributed by atoms with Gasteiger partial charge in [-0.15, -0.1) is 0 Å². The molecule has 0 aromatic heterocycles. The van der Waals surface area contributed by atoms with Crippen molar-refractivity contribution in [2.45, 2.75) is 38.9 Å². The Kier molecular flexibility index (Phi) is 3.52. The van der Waals surface area contributed by atoms with Crippen LogP contribution in [-0.4, -0.2) is 25.3 Å². The molecule has 0 aliphatic heterocycles. The summed E-state index contributed by atoms with van der Waals surface area (Å²) in [6.45, 7) is 3.90. The number of rotatable bonds is 3. The molecule has 0 heterocycles. The van der Waals surface area contributed by atoms with Crippen LogP contribution in [0.25, 0.3) is 0 Å². The molecule has 1 unspecified atom stereocenters. The molecule has 1 aliphatic carbocycles. The van der Waals surface area contributed by atoms with Crippen LogP contribution in [0.15, 0.2) is 11.3 Å². The van der Waals surface area contributed by atoms with E-state index in [1.54, 1.807) is 0 Å². The van der Waals surface area contributed by atoms with Crippen molar-refractivity contribution < 1.29 is 14.3 Å². The SMILES string of the molecule is COC(=O)C1=C(N)C(OC(C)C)CC1. The lowest BCUT2D eigenvalue weighted by Crippen LogP contribution is -2.22. The lowest BCUT2D eigenvalue weighted by atomic mass is 10.2. The van der Waals surface area contributed by atoms with Crippen LogP contribution >= 0.6 is 0 Å². The Morgan fingerprint density at radius 3 is 2.71 bits per heavy atom. The Balaban J connectivity index is 2.69. The largest absolute Gasteiger partial charge is 0.466 e. The Morgan fingerprint density at radius 2 is 2.21 bits per heavy atom. The van der Waals surface area contributed by atoms with Gasteiger partial charge in [0.1, 0.15) is 0 Å². The summed E-state index contributed by atoms with van der Waals surface area (Å²) >= 11 is 0. The zero-order valence-corrected chi connectivity index (χ0v) is 8.87. The second-order valence-electron chi connectivity index (χ2n) is 3.64. The minimum absolute atomic E-state index is 0.121. The van der Waals surface area contributed by atoms with Crippen LogP contribution in [0.1, 0.15) is 26.7 Å². The summed E-state index contributed by atoms with van der Waals surface area (Å²) in [4.78, 5) is 11.2. The van der Waals surface area contributed by atoms with Crippen molar-refractivity contribution >= 4 is 5.97 Å². The average Bonchev–Trinajstić information content (AvgIpc) is 2.46. The fraction of sp³-hybridized carbons (Fsp3) is 0.700. The minimum atomic E-state index is -0.336. The Labute approximate surface area is 84.1 Å². The van der Waals surface area contributed by atoms with Crippen LogP contribution in [0.4, 0.5) is 0 Å². The van der Waals surface area contributed by atoms with Gasteiger partial charge in [-0.25, -0.2) is 4.79 Å². The molecular formula is C10H17NO3. The Hall–Kier alpha value is -1.03. The highest BCUT2D eigenvalue weighted by Gasteiger charge is 2.29. The highest BCUT2D eigenvalue weighted by atomic mass is 16.5. The van der Waals surface area contributed by atoms with Gasteiger partial charge in [0.15, 0.2) is 0 Å². The van der Waals surface area contributed by atoms with E-state index in [1.807, 2.05) is 13.8 Å². The zero-order chi connectivity index (χ0) is 10.7. The van der Waals surface area contributed by atoms with E-state index in [2.05, 4.69) is 4.74 Å². The monoisotopic (exact) mass is 199 g/mol. The van der Waals surface area contributed by atoms with Crippen molar-refractivity contribution in [3.63, 3.8) is 0 Å². The summed E-state index contributed by atoms with van der Waals surface area (Å²) < 4.78 is 10.2. The van der Waals surface area contributed by atoms with Gasteiger partial charge >= 0.3 is 5.97 Å². The van der Waals surface area contributed by atoms with E-state index < -0.39 is 0 Å². The van der Waals surface area contributed by atoms with E-state index in [4.69, 9.17) is 10.5 Å². The Bertz CT molecular complexity index is 258. The first kappa shape index (κ1) is 11.0. The van der Waals surface area contributed by atoms with Gasteiger partial charge in [-0.1, -0.05) is 0 Å². The summed E-state index contributed by atoms with van der Waals surface area (Å²) in [6, 6.07) is 0. The molecular weight excluding hydrogens is 182 g/mol. The number of methoxy groups -OCH3 is 1. The second kappa shape index (κ2) is 4.46. The summed E-state index contributed by atoms with van der Waals surface area (Å²) in [6.07, 6.45) is 1.42. The summed E-state index contributed by atoms with van der Waals surface area (Å²) in [5.41, 5.74) is 6.90. The van der Waals surface area contributed by atoms with E-state index in [0.29, 0.717) is 17.7 Å². The maximum absolute atomic E-state index is 11.2. The van der Waals surface area contributed by atoms with Gasteiger partial charge in [-0.2, -0.15) is 0 Å². The third-order valence-corrected chi connectivity index (χ3v) is 2.22. The van der Waals surface area contributed by atoms with Crippen molar-refractivity contribution in [1.82, 2.24) is 0 Å². The van der Waals surface area contributed by atoms with Gasteiger partial charge in [-0.3, -0.25) is 0 Å². The summed E-state index contributed by atoms with van der Waals surface area (Å²) in [7, 11) is 1.36. The topological polar surface area (TPSA) is 61.5 Å². The smallest absolute Gasteiger partial charge is 0.335 e. The highest BCUT2D eigenvalue weighted by molar-refractivity contribution is 5.89. The van der Waals surface area contributed by atoms with E-state index in [9.17, 15) is 4.79 Å². The predicted molar refractivity (Wildman–Crippen MR) is 52.5 cm³/mol. The van der Waals surface area contributed by atoms with Crippen LogP contribution in [0, 0.1) is 0 Å². The quantitative estimate of drug-likeness (QED) is 0.688. The van der Waals surface area contributed by atoms with Crippen molar-refractivity contribution in [2.75, 3.05) is 7.11 Å². The first-order valence-electron chi connectivity index (χ1n) is 4.78. The molecule has 0 fully saturated rings. The van der Waals surface area contributed by atoms with Gasteiger partial charge < -0.3 is 15.2 Å². The number of esters is 1. The molecule has 1 aliphatic rings. The lowest BCUT2D eigenvalue weighted by molar-refractivity contribution is -0.136. The zero-order valence-electron chi connectivity index (χ0n) is 8.87. The van der Waals surface area contributed by atoms with Crippen LogP contribution in [0.3, 0.4) is 0 Å². The van der Waals surface area contributed by atoms with Gasteiger partial charge in [0.2, 0.25) is 0 Å². The van der Waals surface area contributed by atoms with Crippen molar-refractivity contribution in [1.29, 1.82) is 0 Å². The molecule has 0 aromatic rings. The standard InChI is InChI=1S/C10H17NO3/c1-6(2)14-8-5-4-7(9(8)11)10(12)13-3/h6,8H,4-5,11H2,1-3H3. The number of carbonyl (C=O) groups excluding carboxylic acids is 1. The normalized spacial score (nSPS) is 21.9. The third-order valence-electron chi connectivity index (χ3n) is 2.22. The van der Waals surface area contributed by atoms with Gasteiger partial charge in [0.05, 0.1) is 24.9 Å². The van der Waals surface area contributed by atoms with Crippen LogP contribution < -0.4 is 5.73 Å². The molecule has 1 atom stereocenters. The molecule has 0 aromatic carbocycles. The van der Waals surface area contributed by atoms with Crippen molar-refractivity contribution in [2.24, 2.45) is 5.73 Å². The van der Waals surface area contributed by atoms with Crippen molar-refractivity contribution in [3.05, 3.63) is 11.3 Å². The first-order chi connectivity index (χ1) is 6.56. The Morgan fingerprint density at radius 1 is 1.57 bits per heavy atom. The predicted octanol–water partition coefficient (Wildman–Crippen LogP) is 0.960. The summed E-state index contributed by atoms with van der Waals surface area (Å²) in [5, 5.41) is 0. The third kappa shape index (κ3) is 2.26. The molecule has 4 heteroatoms. The second-order valence-corrected chi connectivity index (χ2v) is 3.64. The molecule has 0 bridgehead atoms. The molecule has 0 spiro atoms. The molecule has 80 valence electrons. The molecule has 2 N–H and O–H groups in total. The fourth-order valence-corrected chi connectivity index (χ4v) is 1.58. The molecule has 1 rings (SSSR count). The van der Waals surface area contributed by atoms with Crippen LogP contribution in [0.2, 0.25) is 0 Å². The number of carbonyl (C=O) groups is 1. The van der Waals surface area contributed by atoms with E-state index in [-0.39, 0.29) is 18.2 Å². The average molecular weight is 199 g/mol. The van der Waals surface area contributed by atoms with Crippen LogP contribution in [-0.2, 0) is 14.3 Å². The number of hydrogen-bond acceptors (Lipinski definition) is 4. The molecule has 0 saturated carbocycles. The lowest BCUT2D eigenvalue weighted by Gasteiger charge is -2.15. The van der Waals surface area contributed by atoms with Gasteiger partial charge in [-0.05, 0) is 26.7 Å². The molecule has 0 amide bonds. The van der Waals surface area contributed by atoms with E-state index in [0.717, 1.165) is 6.42 Å².